The summed E-state index contributed by atoms with van der Waals surface area (Å²) >= 11 is 0. The molecule has 134 valence electrons. The molecule has 1 heterocycles. The molecule has 1 aliphatic rings. The number of carboxylic acid groups (broad SMARTS) is 1. The van der Waals surface area contributed by atoms with Crippen molar-refractivity contribution < 1.29 is 19.4 Å². The van der Waals surface area contributed by atoms with Gasteiger partial charge in [-0.2, -0.15) is 0 Å². The van der Waals surface area contributed by atoms with Gasteiger partial charge in [-0.05, 0) is 39.5 Å². The molecule has 2 unspecified atom stereocenters. The second-order valence-electron chi connectivity index (χ2n) is 7.49. The Kier molecular flexibility index (Phi) is 7.82. The summed E-state index contributed by atoms with van der Waals surface area (Å²) < 4.78 is 5.33. The molecule has 1 rings (SSSR count). The first-order valence-corrected chi connectivity index (χ1v) is 8.63. The largest absolute Gasteiger partial charge is 0.481 e. The first kappa shape index (κ1) is 19.7. The van der Waals surface area contributed by atoms with E-state index < -0.39 is 17.7 Å². The highest BCUT2D eigenvalue weighted by molar-refractivity contribution is 5.68. The number of aliphatic carboxylic acids is 1. The molecule has 0 spiro atoms. The number of carbonyl (C=O) groups excluding carboxylic acids is 1. The number of piperidine rings is 1. The molecule has 0 saturated carbocycles. The van der Waals surface area contributed by atoms with Gasteiger partial charge >= 0.3 is 12.1 Å². The lowest BCUT2D eigenvalue weighted by Gasteiger charge is -2.38. The van der Waals surface area contributed by atoms with Gasteiger partial charge in [0.25, 0.3) is 0 Å². The fourth-order valence-electron chi connectivity index (χ4n) is 3.02. The average molecular weight is 328 g/mol. The van der Waals surface area contributed by atoms with E-state index in [0.29, 0.717) is 19.0 Å². The second-order valence-corrected chi connectivity index (χ2v) is 7.49. The molecule has 1 amide bonds. The predicted octanol–water partition coefficient (Wildman–Crippen LogP) is 2.87. The Morgan fingerprint density at radius 3 is 2.57 bits per heavy atom. The van der Waals surface area contributed by atoms with Crippen molar-refractivity contribution in [3.05, 3.63) is 0 Å². The summed E-state index contributed by atoms with van der Waals surface area (Å²) in [5.41, 5.74) is -0.511. The summed E-state index contributed by atoms with van der Waals surface area (Å²) in [5, 5.41) is 11.8. The van der Waals surface area contributed by atoms with E-state index in [1.54, 1.807) is 0 Å². The highest BCUT2D eigenvalue weighted by Crippen LogP contribution is 2.22. The zero-order valence-corrected chi connectivity index (χ0v) is 14.9. The Hall–Kier alpha value is -1.30. The minimum absolute atomic E-state index is 0.0225. The van der Waals surface area contributed by atoms with Crippen LogP contribution in [-0.4, -0.2) is 53.3 Å². The Morgan fingerprint density at radius 2 is 2.00 bits per heavy atom. The van der Waals surface area contributed by atoms with Crippen molar-refractivity contribution in [1.82, 2.24) is 10.2 Å². The van der Waals surface area contributed by atoms with Gasteiger partial charge in [-0.3, -0.25) is 4.79 Å². The molecule has 1 aliphatic heterocycles. The fraction of sp³-hybridized carbons (Fsp3) is 0.882. The van der Waals surface area contributed by atoms with E-state index in [4.69, 9.17) is 9.84 Å². The van der Waals surface area contributed by atoms with Gasteiger partial charge in [-0.1, -0.05) is 19.8 Å². The first-order valence-electron chi connectivity index (χ1n) is 8.63. The van der Waals surface area contributed by atoms with Crippen LogP contribution < -0.4 is 5.32 Å². The third kappa shape index (κ3) is 8.79. The van der Waals surface area contributed by atoms with E-state index in [1.807, 2.05) is 20.8 Å². The zero-order chi connectivity index (χ0) is 17.5. The smallest absolute Gasteiger partial charge is 0.407 e. The van der Waals surface area contributed by atoms with Gasteiger partial charge in [-0.25, -0.2) is 4.79 Å². The maximum atomic E-state index is 12.0. The topological polar surface area (TPSA) is 78.9 Å². The third-order valence-electron chi connectivity index (χ3n) is 3.94. The van der Waals surface area contributed by atoms with Gasteiger partial charge in [0.1, 0.15) is 5.60 Å². The molecule has 0 radical (unpaired) electrons. The Labute approximate surface area is 139 Å². The van der Waals surface area contributed by atoms with E-state index in [9.17, 15) is 9.59 Å². The molecular weight excluding hydrogens is 296 g/mol. The van der Waals surface area contributed by atoms with Crippen molar-refractivity contribution in [1.29, 1.82) is 0 Å². The highest BCUT2D eigenvalue weighted by atomic mass is 16.6. The molecule has 6 heteroatoms. The number of carboxylic acids is 1. The van der Waals surface area contributed by atoms with Crippen LogP contribution in [0, 0.1) is 5.92 Å². The van der Waals surface area contributed by atoms with Crippen molar-refractivity contribution >= 4 is 12.1 Å². The van der Waals surface area contributed by atoms with Gasteiger partial charge in [0.2, 0.25) is 0 Å². The SMILES string of the molecule is CCCCC1CC(NC(=O)OC(C)(C)C)CN(CCC(=O)O)C1. The van der Waals surface area contributed by atoms with Crippen LogP contribution in [0.1, 0.15) is 59.8 Å². The van der Waals surface area contributed by atoms with Crippen LogP contribution in [0.5, 0.6) is 0 Å². The maximum Gasteiger partial charge on any atom is 0.407 e. The fourth-order valence-corrected chi connectivity index (χ4v) is 3.02. The van der Waals surface area contributed by atoms with E-state index in [-0.39, 0.29) is 12.5 Å². The molecule has 0 aromatic carbocycles. The molecule has 2 N–H and O–H groups in total. The number of hydrogen-bond donors (Lipinski definition) is 2. The van der Waals surface area contributed by atoms with E-state index in [0.717, 1.165) is 32.2 Å². The standard InChI is InChI=1S/C17H32N2O4/c1-5-6-7-13-10-14(18-16(22)23-17(2,3)4)12-19(11-13)9-8-15(20)21/h13-14H,5-12H2,1-4H3,(H,18,22)(H,20,21). The van der Waals surface area contributed by atoms with Crippen LogP contribution in [0.2, 0.25) is 0 Å². The van der Waals surface area contributed by atoms with Gasteiger partial charge in [-0.15, -0.1) is 0 Å². The molecule has 2 atom stereocenters. The van der Waals surface area contributed by atoms with Crippen molar-refractivity contribution in [2.75, 3.05) is 19.6 Å². The summed E-state index contributed by atoms with van der Waals surface area (Å²) in [7, 11) is 0. The second kappa shape index (κ2) is 9.11. The molecule has 0 aromatic rings. The van der Waals surface area contributed by atoms with Crippen molar-refractivity contribution in [2.45, 2.75) is 71.4 Å². The van der Waals surface area contributed by atoms with Crippen LogP contribution >= 0.6 is 0 Å². The number of ether oxygens (including phenoxy) is 1. The first-order chi connectivity index (χ1) is 10.7. The van der Waals surface area contributed by atoms with Gasteiger partial charge in [0.15, 0.2) is 0 Å². The number of nitrogens with zero attached hydrogens (tertiary/aromatic N) is 1. The monoisotopic (exact) mass is 328 g/mol. The van der Waals surface area contributed by atoms with Crippen LogP contribution in [0.15, 0.2) is 0 Å². The van der Waals surface area contributed by atoms with Gasteiger partial charge in [0, 0.05) is 25.7 Å². The lowest BCUT2D eigenvalue weighted by atomic mass is 9.90. The molecule has 1 saturated heterocycles. The van der Waals surface area contributed by atoms with Crippen LogP contribution in [0.25, 0.3) is 0 Å². The quantitative estimate of drug-likeness (QED) is 0.751. The number of hydrogen-bond acceptors (Lipinski definition) is 4. The van der Waals surface area contributed by atoms with E-state index >= 15 is 0 Å². The van der Waals surface area contributed by atoms with Gasteiger partial charge in [0.05, 0.1) is 6.42 Å². The number of likely N-dealkylation sites (tertiary alicyclic amines) is 1. The number of alkyl carbamates (subject to hydrolysis) is 1. The molecule has 0 aliphatic carbocycles. The summed E-state index contributed by atoms with van der Waals surface area (Å²) in [6.07, 6.45) is 4.11. The summed E-state index contributed by atoms with van der Waals surface area (Å²) in [6.45, 7) is 9.84. The third-order valence-corrected chi connectivity index (χ3v) is 3.94. The van der Waals surface area contributed by atoms with Crippen molar-refractivity contribution in [3.8, 4) is 0 Å². The lowest BCUT2D eigenvalue weighted by Crippen LogP contribution is -2.52. The van der Waals surface area contributed by atoms with Gasteiger partial charge < -0.3 is 20.1 Å². The number of amides is 1. The van der Waals surface area contributed by atoms with Crippen LogP contribution in [0.4, 0.5) is 4.79 Å². The molecule has 1 fully saturated rings. The highest BCUT2D eigenvalue weighted by Gasteiger charge is 2.29. The normalized spacial score (nSPS) is 22.6. The molecular formula is C17H32N2O4. The van der Waals surface area contributed by atoms with Crippen molar-refractivity contribution in [3.63, 3.8) is 0 Å². The van der Waals surface area contributed by atoms with E-state index in [1.165, 1.54) is 0 Å². The average Bonchev–Trinajstić information content (AvgIpc) is 2.40. The molecule has 23 heavy (non-hydrogen) atoms. The number of rotatable bonds is 7. The summed E-state index contributed by atoms with van der Waals surface area (Å²) in [4.78, 5) is 24.9. The Balaban J connectivity index is 2.57. The minimum atomic E-state index is -0.780. The minimum Gasteiger partial charge on any atom is -0.481 e. The van der Waals surface area contributed by atoms with E-state index in [2.05, 4.69) is 17.1 Å². The zero-order valence-electron chi connectivity index (χ0n) is 14.9. The maximum absolute atomic E-state index is 12.0. The Morgan fingerprint density at radius 1 is 1.30 bits per heavy atom. The predicted molar refractivity (Wildman–Crippen MR) is 89.5 cm³/mol. The van der Waals surface area contributed by atoms with Crippen molar-refractivity contribution in [2.24, 2.45) is 5.92 Å². The number of nitrogens with one attached hydrogen (secondary N) is 1. The molecule has 6 nitrogen and oxygen atoms in total. The van der Waals surface area contributed by atoms with Crippen LogP contribution in [-0.2, 0) is 9.53 Å². The summed E-state index contributed by atoms with van der Waals surface area (Å²) in [5.74, 6) is -0.283. The lowest BCUT2D eigenvalue weighted by molar-refractivity contribution is -0.137. The van der Waals surface area contributed by atoms with Crippen LogP contribution in [0.3, 0.4) is 0 Å². The Bertz CT molecular complexity index is 393. The molecule has 0 aromatic heterocycles. The number of unbranched alkanes of at least 4 members (excludes halogenated alkanes) is 1. The number of carbonyl (C=O) groups is 2. The summed E-state index contributed by atoms with van der Waals surface area (Å²) in [6, 6.07) is 0.0225. The molecule has 0 bridgehead atoms.